The first kappa shape index (κ1) is 14.4. The molecule has 0 aliphatic carbocycles. The molecule has 0 fully saturated rings. The highest BCUT2D eigenvalue weighted by Crippen LogP contribution is 2.33. The number of benzene rings is 2. The molecule has 21 heavy (non-hydrogen) atoms. The smallest absolute Gasteiger partial charge is 0.339 e. The number of methoxy groups -OCH3 is 1. The maximum atomic E-state index is 11.2. The van der Waals surface area contributed by atoms with Gasteiger partial charge >= 0.3 is 11.9 Å². The zero-order chi connectivity index (χ0) is 15.4. The number of hydrogen-bond acceptors (Lipinski definition) is 4. The van der Waals surface area contributed by atoms with E-state index in [1.54, 1.807) is 24.3 Å². The Labute approximate surface area is 120 Å². The zero-order valence-corrected chi connectivity index (χ0v) is 11.1. The van der Waals surface area contributed by atoms with Crippen LogP contribution in [0.25, 0.3) is 0 Å². The Bertz CT molecular complexity index is 692. The minimum absolute atomic E-state index is 0.0389. The second-order valence-electron chi connectivity index (χ2n) is 4.07. The van der Waals surface area contributed by atoms with Crippen LogP contribution in [0.15, 0.2) is 42.5 Å². The van der Waals surface area contributed by atoms with E-state index in [0.717, 1.165) is 6.07 Å². The van der Waals surface area contributed by atoms with E-state index in [1.165, 1.54) is 19.2 Å². The van der Waals surface area contributed by atoms with Crippen LogP contribution in [0, 0.1) is 0 Å². The summed E-state index contributed by atoms with van der Waals surface area (Å²) in [6.45, 7) is 0. The van der Waals surface area contributed by atoms with Crippen molar-refractivity contribution in [3.63, 3.8) is 0 Å². The third-order valence-electron chi connectivity index (χ3n) is 2.75. The Morgan fingerprint density at radius 3 is 2.14 bits per heavy atom. The van der Waals surface area contributed by atoms with Crippen molar-refractivity contribution < 1.29 is 29.3 Å². The van der Waals surface area contributed by atoms with Gasteiger partial charge in [0, 0.05) is 0 Å². The van der Waals surface area contributed by atoms with Crippen LogP contribution in [0.1, 0.15) is 20.7 Å². The summed E-state index contributed by atoms with van der Waals surface area (Å²) in [4.78, 5) is 22.1. The second kappa shape index (κ2) is 5.96. The Hall–Kier alpha value is -3.02. The maximum absolute atomic E-state index is 11.2. The quantitative estimate of drug-likeness (QED) is 0.878. The lowest BCUT2D eigenvalue weighted by Gasteiger charge is -2.12. The van der Waals surface area contributed by atoms with E-state index in [2.05, 4.69) is 0 Å². The normalized spacial score (nSPS) is 9.95. The van der Waals surface area contributed by atoms with Crippen LogP contribution < -0.4 is 9.47 Å². The number of carboxylic acid groups (broad SMARTS) is 2. The molecule has 0 aliphatic heterocycles. The summed E-state index contributed by atoms with van der Waals surface area (Å²) in [5, 5.41) is 18.1. The molecule has 0 bridgehead atoms. The molecule has 0 aromatic heterocycles. The van der Waals surface area contributed by atoms with Crippen molar-refractivity contribution >= 4 is 11.9 Å². The van der Waals surface area contributed by atoms with Crippen LogP contribution in [0.3, 0.4) is 0 Å². The van der Waals surface area contributed by atoms with Crippen LogP contribution in [-0.2, 0) is 0 Å². The van der Waals surface area contributed by atoms with Crippen molar-refractivity contribution in [3.8, 4) is 17.2 Å². The lowest BCUT2D eigenvalue weighted by molar-refractivity contribution is 0.0694. The largest absolute Gasteiger partial charge is 0.493 e. The van der Waals surface area contributed by atoms with Gasteiger partial charge in [0.1, 0.15) is 11.3 Å². The van der Waals surface area contributed by atoms with Gasteiger partial charge < -0.3 is 19.7 Å². The number of rotatable bonds is 5. The molecule has 0 saturated heterocycles. The molecule has 0 heterocycles. The Morgan fingerprint density at radius 2 is 1.57 bits per heavy atom. The van der Waals surface area contributed by atoms with E-state index < -0.39 is 11.9 Å². The minimum atomic E-state index is -1.28. The first-order valence-corrected chi connectivity index (χ1v) is 5.94. The lowest BCUT2D eigenvalue weighted by Crippen LogP contribution is -2.04. The average Bonchev–Trinajstić information content (AvgIpc) is 2.47. The van der Waals surface area contributed by atoms with Gasteiger partial charge in [-0.2, -0.15) is 0 Å². The molecule has 0 amide bonds. The summed E-state index contributed by atoms with van der Waals surface area (Å²) < 4.78 is 10.6. The van der Waals surface area contributed by atoms with Gasteiger partial charge in [0.15, 0.2) is 11.5 Å². The van der Waals surface area contributed by atoms with E-state index in [0.29, 0.717) is 11.5 Å². The van der Waals surface area contributed by atoms with Gasteiger partial charge in [-0.3, -0.25) is 0 Å². The Kier molecular flexibility index (Phi) is 4.08. The molecule has 0 aliphatic rings. The zero-order valence-electron chi connectivity index (χ0n) is 11.1. The van der Waals surface area contributed by atoms with E-state index in [9.17, 15) is 14.7 Å². The van der Waals surface area contributed by atoms with Gasteiger partial charge in [0.2, 0.25) is 0 Å². The highest BCUT2D eigenvalue weighted by Gasteiger charge is 2.16. The van der Waals surface area contributed by atoms with Crippen molar-refractivity contribution in [1.29, 1.82) is 0 Å². The van der Waals surface area contributed by atoms with Crippen molar-refractivity contribution in [3.05, 3.63) is 53.6 Å². The van der Waals surface area contributed by atoms with Crippen molar-refractivity contribution in [1.82, 2.24) is 0 Å². The molecule has 6 heteroatoms. The molecule has 0 atom stereocenters. The fourth-order valence-electron chi connectivity index (χ4n) is 1.74. The fraction of sp³-hybridized carbons (Fsp3) is 0.0667. The van der Waals surface area contributed by atoms with Crippen LogP contribution in [-0.4, -0.2) is 29.3 Å². The molecule has 0 saturated carbocycles. The van der Waals surface area contributed by atoms with E-state index in [4.69, 9.17) is 14.6 Å². The van der Waals surface area contributed by atoms with Gasteiger partial charge in [-0.05, 0) is 30.3 Å². The summed E-state index contributed by atoms with van der Waals surface area (Å²) in [6.07, 6.45) is 0. The molecule has 6 nitrogen and oxygen atoms in total. The number of hydrogen-bond donors (Lipinski definition) is 2. The standard InChI is InChI=1S/C15H12O6/c1-20-12-4-2-3-5-13(12)21-11-7-6-9(14(16)17)8-10(11)15(18)19/h2-8H,1H3,(H,16,17)(H,18,19). The molecule has 2 N–H and O–H groups in total. The Morgan fingerprint density at radius 1 is 0.905 bits per heavy atom. The predicted octanol–water partition coefficient (Wildman–Crippen LogP) is 2.88. The predicted molar refractivity (Wildman–Crippen MR) is 73.4 cm³/mol. The van der Waals surface area contributed by atoms with Gasteiger partial charge in [-0.15, -0.1) is 0 Å². The van der Waals surface area contributed by atoms with Crippen molar-refractivity contribution in [2.75, 3.05) is 7.11 Å². The average molecular weight is 288 g/mol. The first-order chi connectivity index (χ1) is 10.0. The Balaban J connectivity index is 2.44. The fourth-order valence-corrected chi connectivity index (χ4v) is 1.74. The van der Waals surface area contributed by atoms with Crippen molar-refractivity contribution in [2.45, 2.75) is 0 Å². The molecular formula is C15H12O6. The van der Waals surface area contributed by atoms with Crippen molar-refractivity contribution in [2.24, 2.45) is 0 Å². The van der Waals surface area contributed by atoms with Crippen LogP contribution in [0.2, 0.25) is 0 Å². The summed E-state index contributed by atoms with van der Waals surface area (Å²) in [7, 11) is 1.47. The maximum Gasteiger partial charge on any atom is 0.339 e. The minimum Gasteiger partial charge on any atom is -0.493 e. The number of aromatic carboxylic acids is 2. The highest BCUT2D eigenvalue weighted by molar-refractivity contribution is 5.96. The third-order valence-corrected chi connectivity index (χ3v) is 2.75. The van der Waals surface area contributed by atoms with Crippen LogP contribution >= 0.6 is 0 Å². The topological polar surface area (TPSA) is 93.1 Å². The second-order valence-corrected chi connectivity index (χ2v) is 4.07. The first-order valence-electron chi connectivity index (χ1n) is 5.94. The van der Waals surface area contributed by atoms with E-state index in [-0.39, 0.29) is 16.9 Å². The van der Waals surface area contributed by atoms with E-state index in [1.807, 2.05) is 0 Å². The molecule has 2 aromatic carbocycles. The molecule has 0 unspecified atom stereocenters. The number of carboxylic acids is 2. The molecule has 0 spiro atoms. The SMILES string of the molecule is COc1ccccc1Oc1ccc(C(=O)O)cc1C(=O)O. The number of ether oxygens (including phenoxy) is 2. The van der Waals surface area contributed by atoms with Gasteiger partial charge in [-0.25, -0.2) is 9.59 Å². The molecule has 0 radical (unpaired) electrons. The highest BCUT2D eigenvalue weighted by atomic mass is 16.5. The number of para-hydroxylation sites is 2. The molecule has 2 rings (SSSR count). The van der Waals surface area contributed by atoms with Gasteiger partial charge in [-0.1, -0.05) is 12.1 Å². The summed E-state index contributed by atoms with van der Waals surface area (Å²) >= 11 is 0. The van der Waals surface area contributed by atoms with Gasteiger partial charge in [0.25, 0.3) is 0 Å². The summed E-state index contributed by atoms with van der Waals surface area (Å²) in [5.74, 6) is -1.66. The van der Waals surface area contributed by atoms with Crippen LogP contribution in [0.4, 0.5) is 0 Å². The monoisotopic (exact) mass is 288 g/mol. The van der Waals surface area contributed by atoms with Gasteiger partial charge in [0.05, 0.1) is 12.7 Å². The summed E-state index contributed by atoms with van der Waals surface area (Å²) in [5.41, 5.74) is -0.361. The molecule has 108 valence electrons. The molecular weight excluding hydrogens is 276 g/mol. The van der Waals surface area contributed by atoms with E-state index >= 15 is 0 Å². The van der Waals surface area contributed by atoms with Crippen LogP contribution in [0.5, 0.6) is 17.2 Å². The summed E-state index contributed by atoms with van der Waals surface area (Å²) in [6, 6.07) is 10.4. The lowest BCUT2D eigenvalue weighted by atomic mass is 10.1. The number of carbonyl (C=O) groups is 2. The third kappa shape index (κ3) is 3.11. The molecule has 2 aromatic rings.